The second-order valence-corrected chi connectivity index (χ2v) is 6.83. The summed E-state index contributed by atoms with van der Waals surface area (Å²) in [6, 6.07) is 16.3. The van der Waals surface area contributed by atoms with Gasteiger partial charge in [-0.1, -0.05) is 24.3 Å². The van der Waals surface area contributed by atoms with Gasteiger partial charge in [0.1, 0.15) is 12.7 Å². The largest absolute Gasteiger partial charge is 0.486 e. The summed E-state index contributed by atoms with van der Waals surface area (Å²) in [5.41, 5.74) is 7.89. The van der Waals surface area contributed by atoms with Crippen LogP contribution in [0.2, 0.25) is 0 Å². The third-order valence-electron chi connectivity index (χ3n) is 4.86. The Morgan fingerprint density at radius 1 is 1.08 bits per heavy atom. The molecule has 0 saturated carbocycles. The van der Waals surface area contributed by atoms with Gasteiger partial charge in [-0.2, -0.15) is 0 Å². The Morgan fingerprint density at radius 3 is 2.76 bits per heavy atom. The lowest BCUT2D eigenvalue weighted by molar-refractivity contribution is 0.0518. The second-order valence-electron chi connectivity index (χ2n) is 6.83. The second kappa shape index (κ2) is 7.23. The van der Waals surface area contributed by atoms with Crippen molar-refractivity contribution in [3.05, 3.63) is 48.5 Å². The number of para-hydroxylation sites is 4. The topological polar surface area (TPSA) is 59.8 Å². The van der Waals surface area contributed by atoms with Crippen LogP contribution in [0.25, 0.3) is 0 Å². The Kier molecular flexibility index (Phi) is 4.65. The molecule has 0 bridgehead atoms. The van der Waals surface area contributed by atoms with Crippen LogP contribution in [0.15, 0.2) is 48.5 Å². The van der Waals surface area contributed by atoms with Gasteiger partial charge in [0.25, 0.3) is 0 Å². The van der Waals surface area contributed by atoms with Crippen molar-refractivity contribution in [3.63, 3.8) is 0 Å². The van der Waals surface area contributed by atoms with Crippen molar-refractivity contribution in [1.82, 2.24) is 4.90 Å². The normalized spacial score (nSPS) is 23.2. The number of nitrogens with two attached hydrogens (primary N) is 1. The van der Waals surface area contributed by atoms with Gasteiger partial charge in [0.15, 0.2) is 11.5 Å². The number of nitrogens with zero attached hydrogens (tertiary/aromatic N) is 1. The van der Waals surface area contributed by atoms with Crippen LogP contribution in [0.4, 0.5) is 11.4 Å². The molecule has 25 heavy (non-hydrogen) atoms. The molecular formula is C20H25N3O2. The van der Waals surface area contributed by atoms with Crippen LogP contribution < -0.4 is 20.5 Å². The zero-order valence-electron chi connectivity index (χ0n) is 14.4. The molecule has 2 aromatic carbocycles. The van der Waals surface area contributed by atoms with Crippen molar-refractivity contribution >= 4 is 11.4 Å². The van der Waals surface area contributed by atoms with Gasteiger partial charge in [0.05, 0.1) is 11.4 Å². The average Bonchev–Trinajstić information content (AvgIpc) is 2.64. The standard InChI is InChI=1S/C20H25N3O2/c21-17-7-1-2-8-18(17)22-15-6-5-11-23(12-15)13-16-14-24-19-9-3-4-10-20(19)25-16/h1-4,7-10,15-16,22H,5-6,11-14,21H2/t15-,16-/m0/s1. The molecule has 132 valence electrons. The lowest BCUT2D eigenvalue weighted by Crippen LogP contribution is -2.48. The predicted octanol–water partition coefficient (Wildman–Crippen LogP) is 2.99. The first-order valence-corrected chi connectivity index (χ1v) is 9.00. The molecule has 0 aliphatic carbocycles. The fraction of sp³-hybridized carbons (Fsp3) is 0.400. The number of nitrogen functional groups attached to an aromatic ring is 1. The molecule has 2 atom stereocenters. The number of benzene rings is 2. The SMILES string of the molecule is Nc1ccccc1N[C@H]1CCCN(C[C@H]2COc3ccccc3O2)C1. The van der Waals surface area contributed by atoms with E-state index in [9.17, 15) is 0 Å². The molecule has 0 unspecified atom stereocenters. The first-order valence-electron chi connectivity index (χ1n) is 9.00. The number of piperidine rings is 1. The van der Waals surface area contributed by atoms with Crippen LogP contribution in [0.1, 0.15) is 12.8 Å². The molecule has 1 fully saturated rings. The average molecular weight is 339 g/mol. The predicted molar refractivity (Wildman–Crippen MR) is 100 cm³/mol. The monoisotopic (exact) mass is 339 g/mol. The minimum absolute atomic E-state index is 0.0791. The van der Waals surface area contributed by atoms with Gasteiger partial charge >= 0.3 is 0 Å². The Hall–Kier alpha value is -2.40. The Morgan fingerprint density at radius 2 is 1.88 bits per heavy atom. The first-order chi connectivity index (χ1) is 12.3. The highest BCUT2D eigenvalue weighted by Crippen LogP contribution is 2.31. The van der Waals surface area contributed by atoms with Gasteiger partial charge in [-0.05, 0) is 43.7 Å². The third-order valence-corrected chi connectivity index (χ3v) is 4.86. The van der Waals surface area contributed by atoms with Crippen LogP contribution in [0.3, 0.4) is 0 Å². The van der Waals surface area contributed by atoms with E-state index >= 15 is 0 Å². The maximum atomic E-state index is 6.10. The molecule has 0 radical (unpaired) electrons. The van der Waals surface area contributed by atoms with Gasteiger partial charge < -0.3 is 20.5 Å². The van der Waals surface area contributed by atoms with E-state index in [-0.39, 0.29) is 6.10 Å². The van der Waals surface area contributed by atoms with Crippen molar-refractivity contribution in [2.45, 2.75) is 25.0 Å². The molecule has 2 aromatic rings. The molecule has 2 heterocycles. The van der Waals surface area contributed by atoms with Crippen molar-refractivity contribution in [2.75, 3.05) is 37.3 Å². The van der Waals surface area contributed by atoms with Gasteiger partial charge in [0, 0.05) is 19.1 Å². The molecule has 2 aliphatic heterocycles. The number of hydrogen-bond acceptors (Lipinski definition) is 5. The molecule has 2 aliphatic rings. The van der Waals surface area contributed by atoms with Crippen LogP contribution >= 0.6 is 0 Å². The zero-order valence-corrected chi connectivity index (χ0v) is 14.4. The number of ether oxygens (including phenoxy) is 2. The fourth-order valence-electron chi connectivity index (χ4n) is 3.63. The van der Waals surface area contributed by atoms with E-state index in [0.717, 1.165) is 48.9 Å². The van der Waals surface area contributed by atoms with E-state index in [4.69, 9.17) is 15.2 Å². The summed E-state index contributed by atoms with van der Waals surface area (Å²) < 4.78 is 11.9. The van der Waals surface area contributed by atoms with Gasteiger partial charge in [-0.25, -0.2) is 0 Å². The molecule has 0 amide bonds. The minimum Gasteiger partial charge on any atom is -0.486 e. The molecule has 4 rings (SSSR count). The van der Waals surface area contributed by atoms with Crippen LogP contribution in [0, 0.1) is 0 Å². The highest BCUT2D eigenvalue weighted by atomic mass is 16.6. The van der Waals surface area contributed by atoms with Crippen molar-refractivity contribution in [3.8, 4) is 11.5 Å². The van der Waals surface area contributed by atoms with E-state index in [2.05, 4.69) is 10.2 Å². The Labute approximate surface area is 148 Å². The molecule has 1 saturated heterocycles. The highest BCUT2D eigenvalue weighted by Gasteiger charge is 2.26. The summed E-state index contributed by atoms with van der Waals surface area (Å²) in [5.74, 6) is 1.69. The lowest BCUT2D eigenvalue weighted by atomic mass is 10.0. The van der Waals surface area contributed by atoms with Crippen LogP contribution in [-0.2, 0) is 0 Å². The quantitative estimate of drug-likeness (QED) is 0.839. The number of fused-ring (bicyclic) bond motifs is 1. The van der Waals surface area contributed by atoms with E-state index in [1.165, 1.54) is 6.42 Å². The molecule has 5 heteroatoms. The fourth-order valence-corrected chi connectivity index (χ4v) is 3.63. The van der Waals surface area contributed by atoms with Gasteiger partial charge in [-0.15, -0.1) is 0 Å². The maximum Gasteiger partial charge on any atom is 0.161 e. The lowest BCUT2D eigenvalue weighted by Gasteiger charge is -2.37. The van der Waals surface area contributed by atoms with Crippen molar-refractivity contribution < 1.29 is 9.47 Å². The molecule has 5 nitrogen and oxygen atoms in total. The number of hydrogen-bond donors (Lipinski definition) is 2. The molecule has 3 N–H and O–H groups in total. The van der Waals surface area contributed by atoms with E-state index in [1.807, 2.05) is 48.5 Å². The third kappa shape index (κ3) is 3.82. The summed E-state index contributed by atoms with van der Waals surface area (Å²) in [5, 5.41) is 3.59. The van der Waals surface area contributed by atoms with Crippen LogP contribution in [-0.4, -0.2) is 43.3 Å². The number of anilines is 2. The molecule has 0 spiro atoms. The number of nitrogens with one attached hydrogen (secondary N) is 1. The van der Waals surface area contributed by atoms with E-state index < -0.39 is 0 Å². The number of rotatable bonds is 4. The smallest absolute Gasteiger partial charge is 0.161 e. The maximum absolute atomic E-state index is 6.10. The molecular weight excluding hydrogens is 314 g/mol. The Bertz CT molecular complexity index is 722. The van der Waals surface area contributed by atoms with Crippen LogP contribution in [0.5, 0.6) is 11.5 Å². The summed E-state index contributed by atoms with van der Waals surface area (Å²) in [4.78, 5) is 2.46. The van der Waals surface area contributed by atoms with Gasteiger partial charge in [-0.3, -0.25) is 4.90 Å². The highest BCUT2D eigenvalue weighted by molar-refractivity contribution is 5.66. The summed E-state index contributed by atoms with van der Waals surface area (Å²) >= 11 is 0. The zero-order chi connectivity index (χ0) is 17.1. The first kappa shape index (κ1) is 16.1. The number of likely N-dealkylation sites (tertiary alicyclic amines) is 1. The van der Waals surface area contributed by atoms with E-state index in [0.29, 0.717) is 12.6 Å². The molecule has 0 aromatic heterocycles. The summed E-state index contributed by atoms with van der Waals surface area (Å²) in [6.45, 7) is 3.59. The van der Waals surface area contributed by atoms with Gasteiger partial charge in [0.2, 0.25) is 0 Å². The van der Waals surface area contributed by atoms with Crippen molar-refractivity contribution in [2.24, 2.45) is 0 Å². The summed E-state index contributed by atoms with van der Waals surface area (Å²) in [6.07, 6.45) is 2.42. The minimum atomic E-state index is 0.0791. The van der Waals surface area contributed by atoms with E-state index in [1.54, 1.807) is 0 Å². The van der Waals surface area contributed by atoms with Crippen molar-refractivity contribution in [1.29, 1.82) is 0 Å². The summed E-state index contributed by atoms with van der Waals surface area (Å²) in [7, 11) is 0. The Balaban J connectivity index is 1.34.